The van der Waals surface area contributed by atoms with E-state index in [4.69, 9.17) is 16.0 Å². The molecule has 0 radical (unpaired) electrons. The van der Waals surface area contributed by atoms with Crippen LogP contribution in [0.4, 0.5) is 5.69 Å². The van der Waals surface area contributed by atoms with Crippen LogP contribution < -0.4 is 10.6 Å². The number of hydrogen-bond donors (Lipinski definition) is 2. The first-order chi connectivity index (χ1) is 15.0. The number of nitrogens with zero attached hydrogens (tertiary/aromatic N) is 1. The Hall–Kier alpha value is -3.25. The van der Waals surface area contributed by atoms with E-state index in [1.54, 1.807) is 24.0 Å². The fourth-order valence-corrected chi connectivity index (χ4v) is 3.27. The normalized spacial score (nSPS) is 10.5. The summed E-state index contributed by atoms with van der Waals surface area (Å²) >= 11 is 5.92. The lowest BCUT2D eigenvalue weighted by Gasteiger charge is -2.21. The molecule has 0 bridgehead atoms. The lowest BCUT2D eigenvalue weighted by atomic mass is 10.1. The number of halogens is 1. The SMILES string of the molecule is CCN(Cc1ccccc1NCC(=O)NCc1ccc(-c2ccc(Cl)cc2)o1)C(C)=O. The summed E-state index contributed by atoms with van der Waals surface area (Å²) in [6, 6.07) is 18.8. The number of rotatable bonds is 9. The number of para-hydroxylation sites is 1. The highest BCUT2D eigenvalue weighted by Crippen LogP contribution is 2.23. The Morgan fingerprint density at radius 3 is 2.48 bits per heavy atom. The minimum atomic E-state index is -0.154. The Bertz CT molecular complexity index is 1030. The van der Waals surface area contributed by atoms with Gasteiger partial charge in [-0.3, -0.25) is 9.59 Å². The van der Waals surface area contributed by atoms with Crippen molar-refractivity contribution in [3.8, 4) is 11.3 Å². The van der Waals surface area contributed by atoms with Crippen molar-refractivity contribution in [2.75, 3.05) is 18.4 Å². The zero-order chi connectivity index (χ0) is 22.2. The van der Waals surface area contributed by atoms with Crippen molar-refractivity contribution >= 4 is 29.1 Å². The fraction of sp³-hybridized carbons (Fsp3) is 0.250. The second kappa shape index (κ2) is 10.7. The van der Waals surface area contributed by atoms with E-state index in [0.717, 1.165) is 22.6 Å². The summed E-state index contributed by atoms with van der Waals surface area (Å²) in [6.07, 6.45) is 0. The first-order valence-corrected chi connectivity index (χ1v) is 10.5. The van der Waals surface area contributed by atoms with E-state index < -0.39 is 0 Å². The molecular weight excluding hydrogens is 414 g/mol. The third kappa shape index (κ3) is 6.36. The predicted octanol–water partition coefficient (Wildman–Crippen LogP) is 4.70. The molecule has 2 N–H and O–H groups in total. The zero-order valence-electron chi connectivity index (χ0n) is 17.7. The van der Waals surface area contributed by atoms with Crippen molar-refractivity contribution in [1.82, 2.24) is 10.2 Å². The van der Waals surface area contributed by atoms with Crippen LogP contribution in [-0.2, 0) is 22.7 Å². The molecule has 3 aromatic rings. The van der Waals surface area contributed by atoms with Crippen LogP contribution in [0.15, 0.2) is 65.1 Å². The van der Waals surface area contributed by atoms with E-state index >= 15 is 0 Å². The second-order valence-electron chi connectivity index (χ2n) is 7.09. The van der Waals surface area contributed by atoms with Crippen LogP contribution in [0.3, 0.4) is 0 Å². The highest BCUT2D eigenvalue weighted by atomic mass is 35.5. The Morgan fingerprint density at radius 1 is 1.03 bits per heavy atom. The molecule has 6 nitrogen and oxygen atoms in total. The Labute approximate surface area is 187 Å². The summed E-state index contributed by atoms with van der Waals surface area (Å²) in [7, 11) is 0. The lowest BCUT2D eigenvalue weighted by Crippen LogP contribution is -2.30. The number of carbonyl (C=O) groups is 2. The average molecular weight is 440 g/mol. The molecule has 2 aromatic carbocycles. The fourth-order valence-electron chi connectivity index (χ4n) is 3.15. The first kappa shape index (κ1) is 22.4. The van der Waals surface area contributed by atoms with Crippen molar-refractivity contribution < 1.29 is 14.0 Å². The van der Waals surface area contributed by atoms with Crippen molar-refractivity contribution in [3.63, 3.8) is 0 Å². The molecule has 7 heteroatoms. The Kier molecular flexibility index (Phi) is 7.73. The van der Waals surface area contributed by atoms with Gasteiger partial charge in [-0.1, -0.05) is 29.8 Å². The molecule has 1 aromatic heterocycles. The van der Waals surface area contributed by atoms with Crippen LogP contribution in [0.5, 0.6) is 0 Å². The summed E-state index contributed by atoms with van der Waals surface area (Å²) < 4.78 is 5.80. The number of hydrogen-bond acceptors (Lipinski definition) is 4. The van der Waals surface area contributed by atoms with Gasteiger partial charge in [0.05, 0.1) is 13.1 Å². The average Bonchev–Trinajstić information content (AvgIpc) is 3.24. The van der Waals surface area contributed by atoms with E-state index in [1.807, 2.05) is 55.5 Å². The molecule has 1 heterocycles. The minimum absolute atomic E-state index is 0.0199. The summed E-state index contributed by atoms with van der Waals surface area (Å²) in [5.41, 5.74) is 2.72. The molecule has 0 unspecified atom stereocenters. The van der Waals surface area contributed by atoms with Gasteiger partial charge in [-0.25, -0.2) is 0 Å². The number of nitrogens with one attached hydrogen (secondary N) is 2. The standard InChI is InChI=1S/C24H26ClN3O3/c1-3-28(17(2)29)16-19-6-4-5-7-22(19)26-15-24(30)27-14-21-12-13-23(31-21)18-8-10-20(25)11-9-18/h4-13,26H,3,14-16H2,1-2H3,(H,27,30). The number of furan rings is 1. The molecule has 0 saturated heterocycles. The third-order valence-corrected chi connectivity index (χ3v) is 5.15. The molecule has 0 saturated carbocycles. The number of amides is 2. The van der Waals surface area contributed by atoms with Crippen LogP contribution in [0.1, 0.15) is 25.2 Å². The molecule has 0 aliphatic carbocycles. The molecule has 3 rings (SSSR count). The van der Waals surface area contributed by atoms with Gasteiger partial charge in [-0.05, 0) is 55.0 Å². The summed E-state index contributed by atoms with van der Waals surface area (Å²) in [4.78, 5) is 25.8. The van der Waals surface area contributed by atoms with Crippen molar-refractivity contribution in [2.24, 2.45) is 0 Å². The third-order valence-electron chi connectivity index (χ3n) is 4.90. The van der Waals surface area contributed by atoms with Gasteiger partial charge < -0.3 is 20.0 Å². The maximum absolute atomic E-state index is 12.3. The van der Waals surface area contributed by atoms with Crippen molar-refractivity contribution in [3.05, 3.63) is 77.0 Å². The van der Waals surface area contributed by atoms with Crippen LogP contribution in [-0.4, -0.2) is 29.8 Å². The maximum atomic E-state index is 12.3. The minimum Gasteiger partial charge on any atom is -0.459 e. The monoisotopic (exact) mass is 439 g/mol. The molecule has 0 atom stereocenters. The van der Waals surface area contributed by atoms with E-state index in [1.165, 1.54) is 0 Å². The predicted molar refractivity (Wildman–Crippen MR) is 123 cm³/mol. The Morgan fingerprint density at radius 2 is 1.77 bits per heavy atom. The largest absolute Gasteiger partial charge is 0.459 e. The van der Waals surface area contributed by atoms with Gasteiger partial charge in [0.2, 0.25) is 11.8 Å². The van der Waals surface area contributed by atoms with Gasteiger partial charge in [-0.15, -0.1) is 0 Å². The number of anilines is 1. The lowest BCUT2D eigenvalue weighted by molar-refractivity contribution is -0.129. The maximum Gasteiger partial charge on any atom is 0.239 e. The van der Waals surface area contributed by atoms with Gasteiger partial charge in [-0.2, -0.15) is 0 Å². The van der Waals surface area contributed by atoms with Crippen LogP contribution in [0.2, 0.25) is 5.02 Å². The van der Waals surface area contributed by atoms with E-state index in [9.17, 15) is 9.59 Å². The second-order valence-corrected chi connectivity index (χ2v) is 7.53. The number of benzene rings is 2. The molecule has 162 valence electrons. The van der Waals surface area contributed by atoms with E-state index in [0.29, 0.717) is 30.4 Å². The van der Waals surface area contributed by atoms with Gasteiger partial charge in [0.15, 0.2) is 0 Å². The van der Waals surface area contributed by atoms with Crippen LogP contribution in [0.25, 0.3) is 11.3 Å². The van der Waals surface area contributed by atoms with Crippen molar-refractivity contribution in [1.29, 1.82) is 0 Å². The highest BCUT2D eigenvalue weighted by molar-refractivity contribution is 6.30. The van der Waals surface area contributed by atoms with Gasteiger partial charge in [0.1, 0.15) is 11.5 Å². The molecular formula is C24H26ClN3O3. The Balaban J connectivity index is 1.52. The smallest absolute Gasteiger partial charge is 0.239 e. The zero-order valence-corrected chi connectivity index (χ0v) is 18.4. The molecule has 0 aliphatic heterocycles. The van der Waals surface area contributed by atoms with Gasteiger partial charge in [0, 0.05) is 36.3 Å². The summed E-state index contributed by atoms with van der Waals surface area (Å²) in [5.74, 6) is 1.25. The quantitative estimate of drug-likeness (QED) is 0.507. The summed E-state index contributed by atoms with van der Waals surface area (Å²) in [6.45, 7) is 5.04. The molecule has 0 fully saturated rings. The van der Waals surface area contributed by atoms with Crippen molar-refractivity contribution in [2.45, 2.75) is 26.9 Å². The topological polar surface area (TPSA) is 74.6 Å². The van der Waals surface area contributed by atoms with Gasteiger partial charge in [0.25, 0.3) is 0 Å². The van der Waals surface area contributed by atoms with Crippen LogP contribution >= 0.6 is 11.6 Å². The summed E-state index contributed by atoms with van der Waals surface area (Å²) in [5, 5.41) is 6.68. The molecule has 2 amide bonds. The molecule has 31 heavy (non-hydrogen) atoms. The van der Waals surface area contributed by atoms with Gasteiger partial charge >= 0.3 is 0 Å². The number of carbonyl (C=O) groups excluding carboxylic acids is 2. The molecule has 0 spiro atoms. The van der Waals surface area contributed by atoms with E-state index in [-0.39, 0.29) is 18.4 Å². The highest BCUT2D eigenvalue weighted by Gasteiger charge is 2.11. The molecule has 0 aliphatic rings. The first-order valence-electron chi connectivity index (χ1n) is 10.1. The van der Waals surface area contributed by atoms with Crippen LogP contribution in [0, 0.1) is 0 Å². The van der Waals surface area contributed by atoms with E-state index in [2.05, 4.69) is 10.6 Å².